The second kappa shape index (κ2) is 8.66. The maximum absolute atomic E-state index is 12.7. The number of nitriles is 2. The molecule has 2 N–H and O–H groups in total. The van der Waals surface area contributed by atoms with Gasteiger partial charge in [-0.3, -0.25) is 9.44 Å². The van der Waals surface area contributed by atoms with Crippen LogP contribution in [0, 0.1) is 22.7 Å². The summed E-state index contributed by atoms with van der Waals surface area (Å²) >= 11 is 5.97. The number of nitrogens with one attached hydrogen (secondary N) is 2. The summed E-state index contributed by atoms with van der Waals surface area (Å²) in [7, 11) is -8.17. The van der Waals surface area contributed by atoms with Gasteiger partial charge in [0.15, 0.2) is 0 Å². The Hall–Kier alpha value is -3.57. The van der Waals surface area contributed by atoms with Crippen LogP contribution < -0.4 is 9.44 Å². The van der Waals surface area contributed by atoms with E-state index in [9.17, 15) is 16.8 Å². The molecule has 3 aromatic carbocycles. The first kappa shape index (κ1) is 22.1. The van der Waals surface area contributed by atoms with Crippen molar-refractivity contribution >= 4 is 43.0 Å². The van der Waals surface area contributed by atoms with E-state index >= 15 is 0 Å². The molecule has 0 aliphatic heterocycles. The molecule has 0 saturated heterocycles. The van der Waals surface area contributed by atoms with Gasteiger partial charge < -0.3 is 0 Å². The standard InChI is InChI=1S/C20H13ClN4O4S2/c21-16-5-10-19(24-30(26,27)17-6-1-14(12-22)2-7-17)20(11-16)25-31(28,29)18-8-3-15(13-23)4-9-18/h1-11,24-25H. The Morgan fingerprint density at radius 2 is 1.06 bits per heavy atom. The lowest BCUT2D eigenvalue weighted by atomic mass is 10.2. The van der Waals surface area contributed by atoms with Crippen molar-refractivity contribution < 1.29 is 16.8 Å². The average Bonchev–Trinajstić information content (AvgIpc) is 2.75. The zero-order chi connectivity index (χ0) is 22.6. The van der Waals surface area contributed by atoms with E-state index in [0.717, 1.165) is 0 Å². The molecule has 0 aromatic heterocycles. The van der Waals surface area contributed by atoms with Gasteiger partial charge in [-0.15, -0.1) is 0 Å². The third kappa shape index (κ3) is 5.13. The highest BCUT2D eigenvalue weighted by atomic mass is 35.5. The second-order valence-corrected chi connectivity index (χ2v) is 9.97. The molecule has 3 rings (SSSR count). The van der Waals surface area contributed by atoms with Crippen molar-refractivity contribution in [2.45, 2.75) is 9.79 Å². The number of nitrogens with zero attached hydrogens (tertiary/aromatic N) is 2. The Morgan fingerprint density at radius 3 is 1.48 bits per heavy atom. The fraction of sp³-hybridized carbons (Fsp3) is 0. The Balaban J connectivity index is 1.95. The Kier molecular flexibility index (Phi) is 6.18. The van der Waals surface area contributed by atoms with Crippen molar-refractivity contribution in [3.8, 4) is 12.1 Å². The molecule has 0 fully saturated rings. The Labute approximate surface area is 184 Å². The van der Waals surface area contributed by atoms with Gasteiger partial charge in [0.1, 0.15) is 0 Å². The van der Waals surface area contributed by atoms with Crippen LogP contribution in [-0.2, 0) is 20.0 Å². The van der Waals surface area contributed by atoms with Gasteiger partial charge in [-0.25, -0.2) is 16.8 Å². The van der Waals surface area contributed by atoms with Gasteiger partial charge in [0.2, 0.25) is 0 Å². The Morgan fingerprint density at radius 1 is 0.645 bits per heavy atom. The molecule has 0 aliphatic carbocycles. The van der Waals surface area contributed by atoms with Crippen molar-refractivity contribution in [2.75, 3.05) is 9.44 Å². The molecule has 0 aliphatic rings. The minimum Gasteiger partial charge on any atom is -0.277 e. The number of halogens is 1. The molecule has 0 amide bonds. The van der Waals surface area contributed by atoms with E-state index in [-0.39, 0.29) is 31.8 Å². The molecule has 0 radical (unpaired) electrons. The molecule has 0 heterocycles. The smallest absolute Gasteiger partial charge is 0.261 e. The number of rotatable bonds is 6. The van der Waals surface area contributed by atoms with Crippen molar-refractivity contribution in [1.82, 2.24) is 0 Å². The van der Waals surface area contributed by atoms with Crippen LogP contribution in [0.1, 0.15) is 11.1 Å². The van der Waals surface area contributed by atoms with Crippen LogP contribution in [0.15, 0.2) is 76.5 Å². The SMILES string of the molecule is N#Cc1ccc(S(=O)(=O)Nc2ccc(Cl)cc2NS(=O)(=O)c2ccc(C#N)cc2)cc1. The molecule has 156 valence electrons. The monoisotopic (exact) mass is 472 g/mol. The molecule has 0 unspecified atom stereocenters. The molecule has 31 heavy (non-hydrogen) atoms. The largest absolute Gasteiger partial charge is 0.277 e. The molecule has 8 nitrogen and oxygen atoms in total. The number of anilines is 2. The van der Waals surface area contributed by atoms with Crippen LogP contribution in [0.2, 0.25) is 5.02 Å². The molecular formula is C20H13ClN4O4S2. The van der Waals surface area contributed by atoms with E-state index in [0.29, 0.717) is 5.56 Å². The van der Waals surface area contributed by atoms with Crippen LogP contribution >= 0.6 is 11.6 Å². The third-order valence-electron chi connectivity index (χ3n) is 4.06. The quantitative estimate of drug-likeness (QED) is 0.560. The fourth-order valence-electron chi connectivity index (χ4n) is 2.51. The molecule has 11 heteroatoms. The van der Waals surface area contributed by atoms with E-state index < -0.39 is 20.0 Å². The number of benzene rings is 3. The van der Waals surface area contributed by atoms with Gasteiger partial charge in [0.05, 0.1) is 44.4 Å². The Bertz CT molecular complexity index is 1420. The van der Waals surface area contributed by atoms with Crippen molar-refractivity contribution in [1.29, 1.82) is 10.5 Å². The minimum absolute atomic E-state index is 0.0500. The fourth-order valence-corrected chi connectivity index (χ4v) is 4.84. The molecule has 0 bridgehead atoms. The predicted molar refractivity (Wildman–Crippen MR) is 115 cm³/mol. The highest BCUT2D eigenvalue weighted by Crippen LogP contribution is 2.30. The van der Waals surface area contributed by atoms with E-state index in [2.05, 4.69) is 9.44 Å². The van der Waals surface area contributed by atoms with E-state index in [1.165, 1.54) is 66.7 Å². The average molecular weight is 473 g/mol. The highest BCUT2D eigenvalue weighted by Gasteiger charge is 2.20. The van der Waals surface area contributed by atoms with Gasteiger partial charge >= 0.3 is 0 Å². The van der Waals surface area contributed by atoms with Crippen LogP contribution in [0.25, 0.3) is 0 Å². The summed E-state index contributed by atoms with van der Waals surface area (Å²) in [6, 6.07) is 18.2. The summed E-state index contributed by atoms with van der Waals surface area (Å²) in [5.74, 6) is 0. The number of hydrogen-bond acceptors (Lipinski definition) is 6. The van der Waals surface area contributed by atoms with Crippen molar-refractivity contribution in [3.63, 3.8) is 0 Å². The van der Waals surface area contributed by atoms with Crippen LogP contribution in [0.5, 0.6) is 0 Å². The van der Waals surface area contributed by atoms with Gasteiger partial charge in [0, 0.05) is 5.02 Å². The molecule has 0 spiro atoms. The van der Waals surface area contributed by atoms with Gasteiger partial charge in [-0.05, 0) is 66.7 Å². The van der Waals surface area contributed by atoms with Crippen LogP contribution in [-0.4, -0.2) is 16.8 Å². The minimum atomic E-state index is -4.10. The summed E-state index contributed by atoms with van der Waals surface area (Å²) in [5, 5.41) is 17.9. The summed E-state index contributed by atoms with van der Waals surface area (Å²) in [6.07, 6.45) is 0. The van der Waals surface area contributed by atoms with E-state index in [1.54, 1.807) is 0 Å². The predicted octanol–water partition coefficient (Wildman–Crippen LogP) is 3.68. The first-order chi connectivity index (χ1) is 14.6. The van der Waals surface area contributed by atoms with Crippen molar-refractivity contribution in [3.05, 3.63) is 82.9 Å². The topological polar surface area (TPSA) is 140 Å². The van der Waals surface area contributed by atoms with E-state index in [1.807, 2.05) is 12.1 Å². The molecular weight excluding hydrogens is 460 g/mol. The van der Waals surface area contributed by atoms with Crippen LogP contribution in [0.3, 0.4) is 0 Å². The summed E-state index contributed by atoms with van der Waals surface area (Å²) < 4.78 is 55.5. The first-order valence-electron chi connectivity index (χ1n) is 8.50. The normalized spacial score (nSPS) is 11.2. The number of hydrogen-bond donors (Lipinski definition) is 2. The lowest BCUT2D eigenvalue weighted by Crippen LogP contribution is -2.17. The summed E-state index contributed by atoms with van der Waals surface area (Å²) in [4.78, 5) is -0.227. The van der Waals surface area contributed by atoms with Crippen LogP contribution in [0.4, 0.5) is 11.4 Å². The summed E-state index contributed by atoms with van der Waals surface area (Å²) in [6.45, 7) is 0. The molecule has 3 aromatic rings. The van der Waals surface area contributed by atoms with Gasteiger partial charge in [-0.2, -0.15) is 10.5 Å². The van der Waals surface area contributed by atoms with Gasteiger partial charge in [0.25, 0.3) is 20.0 Å². The maximum atomic E-state index is 12.7. The third-order valence-corrected chi connectivity index (χ3v) is 7.06. The zero-order valence-electron chi connectivity index (χ0n) is 15.6. The first-order valence-corrected chi connectivity index (χ1v) is 11.8. The lowest BCUT2D eigenvalue weighted by molar-refractivity contribution is 0.599. The molecule has 0 atom stereocenters. The summed E-state index contributed by atoms with van der Waals surface area (Å²) in [5.41, 5.74) is 0.443. The van der Waals surface area contributed by atoms with Gasteiger partial charge in [-0.1, -0.05) is 11.6 Å². The van der Waals surface area contributed by atoms with E-state index in [4.69, 9.17) is 22.1 Å². The maximum Gasteiger partial charge on any atom is 0.261 e. The lowest BCUT2D eigenvalue weighted by Gasteiger charge is -2.15. The number of sulfonamides is 2. The molecule has 0 saturated carbocycles. The second-order valence-electron chi connectivity index (χ2n) is 6.17. The van der Waals surface area contributed by atoms with Crippen molar-refractivity contribution in [2.24, 2.45) is 0 Å². The zero-order valence-corrected chi connectivity index (χ0v) is 18.0. The highest BCUT2D eigenvalue weighted by molar-refractivity contribution is 7.93.